The van der Waals surface area contributed by atoms with E-state index < -0.39 is 0 Å². The number of piperidine rings is 1. The van der Waals surface area contributed by atoms with Crippen molar-refractivity contribution < 1.29 is 4.90 Å². The van der Waals surface area contributed by atoms with Crippen LogP contribution in [0.2, 0.25) is 0 Å². The summed E-state index contributed by atoms with van der Waals surface area (Å²) in [6, 6.07) is 13.0. The highest BCUT2D eigenvalue weighted by Crippen LogP contribution is 2.07. The van der Waals surface area contributed by atoms with Gasteiger partial charge in [-0.1, -0.05) is 30.3 Å². The minimum absolute atomic E-state index is 0.310. The van der Waals surface area contributed by atoms with Crippen LogP contribution in [0.1, 0.15) is 18.4 Å². The van der Waals surface area contributed by atoms with E-state index in [4.69, 9.17) is 5.26 Å². The number of nitrogens with one attached hydrogen (secondary N) is 1. The lowest BCUT2D eigenvalue weighted by atomic mass is 9.98. The quantitative estimate of drug-likeness (QED) is 0.760. The highest BCUT2D eigenvalue weighted by Gasteiger charge is 2.21. The molecule has 1 aliphatic heterocycles. The zero-order valence-corrected chi connectivity index (χ0v) is 8.95. The van der Waals surface area contributed by atoms with Crippen LogP contribution >= 0.6 is 0 Å². The molecule has 1 aromatic rings. The molecule has 0 spiro atoms. The first-order chi connectivity index (χ1) is 7.38. The fourth-order valence-electron chi connectivity index (χ4n) is 2.22. The molecule has 1 aromatic carbocycles. The summed E-state index contributed by atoms with van der Waals surface area (Å²) in [7, 11) is 0. The molecule has 0 atom stereocenters. The molecule has 2 heteroatoms. The third-order valence-corrected chi connectivity index (χ3v) is 3.17. The van der Waals surface area contributed by atoms with Crippen LogP contribution in [0.3, 0.4) is 0 Å². The second kappa shape index (κ2) is 4.95. The third-order valence-electron chi connectivity index (χ3n) is 3.17. The standard InChI is InChI=1S/C13H16N2/c14-10-12-6-8-15(9-7-12)11-13-4-2-1-3-5-13/h1-5,12H,6-9,11H2/p+1. The van der Waals surface area contributed by atoms with Crippen LogP contribution in [0.25, 0.3) is 0 Å². The van der Waals surface area contributed by atoms with Crippen molar-refractivity contribution in [2.75, 3.05) is 13.1 Å². The van der Waals surface area contributed by atoms with Gasteiger partial charge in [-0.05, 0) is 0 Å². The predicted molar refractivity (Wildman–Crippen MR) is 59.2 cm³/mol. The summed E-state index contributed by atoms with van der Waals surface area (Å²) in [5.41, 5.74) is 1.41. The average molecular weight is 201 g/mol. The number of hydrogen-bond donors (Lipinski definition) is 1. The Morgan fingerprint density at radius 2 is 1.87 bits per heavy atom. The molecule has 0 unspecified atom stereocenters. The monoisotopic (exact) mass is 201 g/mol. The van der Waals surface area contributed by atoms with Crippen LogP contribution in [-0.2, 0) is 6.54 Å². The van der Waals surface area contributed by atoms with Crippen LogP contribution in [0.15, 0.2) is 30.3 Å². The van der Waals surface area contributed by atoms with Gasteiger partial charge in [0.25, 0.3) is 0 Å². The maximum atomic E-state index is 8.81. The second-order valence-corrected chi connectivity index (χ2v) is 4.32. The first-order valence-corrected chi connectivity index (χ1v) is 5.65. The smallest absolute Gasteiger partial charge is 0.103 e. The Morgan fingerprint density at radius 3 is 2.47 bits per heavy atom. The van der Waals surface area contributed by atoms with Crippen LogP contribution in [0.4, 0.5) is 0 Å². The lowest BCUT2D eigenvalue weighted by Gasteiger charge is -2.26. The average Bonchev–Trinajstić information content (AvgIpc) is 2.31. The van der Waals surface area contributed by atoms with Gasteiger partial charge in [-0.3, -0.25) is 0 Å². The second-order valence-electron chi connectivity index (χ2n) is 4.32. The van der Waals surface area contributed by atoms with E-state index in [1.807, 2.05) is 0 Å². The van der Waals surface area contributed by atoms with Crippen LogP contribution in [-0.4, -0.2) is 13.1 Å². The van der Waals surface area contributed by atoms with Gasteiger partial charge >= 0.3 is 0 Å². The minimum atomic E-state index is 0.310. The number of rotatable bonds is 2. The number of nitrogens with zero attached hydrogens (tertiary/aromatic N) is 1. The summed E-state index contributed by atoms with van der Waals surface area (Å²) < 4.78 is 0. The SMILES string of the molecule is N#CC1CC[NH+](Cc2ccccc2)CC1. The maximum Gasteiger partial charge on any atom is 0.103 e. The van der Waals surface area contributed by atoms with Crippen molar-refractivity contribution in [2.24, 2.45) is 5.92 Å². The van der Waals surface area contributed by atoms with Gasteiger partial charge < -0.3 is 4.90 Å². The van der Waals surface area contributed by atoms with E-state index >= 15 is 0 Å². The van der Waals surface area contributed by atoms with Crippen LogP contribution in [0.5, 0.6) is 0 Å². The molecule has 1 saturated heterocycles. The topological polar surface area (TPSA) is 28.2 Å². The summed E-state index contributed by atoms with van der Waals surface area (Å²) in [6.45, 7) is 3.40. The summed E-state index contributed by atoms with van der Waals surface area (Å²) in [6.07, 6.45) is 2.14. The van der Waals surface area contributed by atoms with E-state index in [1.165, 1.54) is 5.56 Å². The molecular weight excluding hydrogens is 184 g/mol. The molecule has 0 bridgehead atoms. The van der Waals surface area contributed by atoms with Gasteiger partial charge in [-0.15, -0.1) is 0 Å². The van der Waals surface area contributed by atoms with Crippen molar-refractivity contribution in [3.63, 3.8) is 0 Å². The van der Waals surface area contributed by atoms with Crippen molar-refractivity contribution in [1.29, 1.82) is 5.26 Å². The fraction of sp³-hybridized carbons (Fsp3) is 0.462. The molecule has 1 fully saturated rings. The number of hydrogen-bond acceptors (Lipinski definition) is 1. The normalized spacial score (nSPS) is 25.8. The molecule has 1 N–H and O–H groups in total. The van der Waals surface area contributed by atoms with Gasteiger partial charge in [-0.25, -0.2) is 0 Å². The van der Waals surface area contributed by atoms with Crippen LogP contribution in [0, 0.1) is 17.2 Å². The lowest BCUT2D eigenvalue weighted by molar-refractivity contribution is -0.919. The Bertz CT molecular complexity index is 331. The Balaban J connectivity index is 1.85. The number of quaternary nitrogens is 1. The highest BCUT2D eigenvalue weighted by atomic mass is 15.1. The summed E-state index contributed by atoms with van der Waals surface area (Å²) in [5, 5.41) is 8.81. The fourth-order valence-corrected chi connectivity index (χ4v) is 2.22. The molecule has 1 aliphatic rings. The van der Waals surface area contributed by atoms with Gasteiger partial charge in [0.1, 0.15) is 6.54 Å². The van der Waals surface area contributed by atoms with Crippen molar-refractivity contribution >= 4 is 0 Å². The van der Waals surface area contributed by atoms with Gasteiger partial charge in [-0.2, -0.15) is 5.26 Å². The van der Waals surface area contributed by atoms with Crippen molar-refractivity contribution in [2.45, 2.75) is 19.4 Å². The zero-order valence-electron chi connectivity index (χ0n) is 8.95. The Hall–Kier alpha value is -1.33. The maximum absolute atomic E-state index is 8.81. The van der Waals surface area contributed by atoms with E-state index in [1.54, 1.807) is 4.90 Å². The molecule has 15 heavy (non-hydrogen) atoms. The van der Waals surface area contributed by atoms with Crippen LogP contribution < -0.4 is 4.90 Å². The molecule has 2 rings (SSSR count). The Morgan fingerprint density at radius 1 is 1.20 bits per heavy atom. The first-order valence-electron chi connectivity index (χ1n) is 5.65. The van der Waals surface area contributed by atoms with Crippen molar-refractivity contribution in [3.05, 3.63) is 35.9 Å². The Labute approximate surface area is 91.1 Å². The molecule has 78 valence electrons. The van der Waals surface area contributed by atoms with E-state index in [9.17, 15) is 0 Å². The Kier molecular flexibility index (Phi) is 3.37. The largest absolute Gasteiger partial charge is 0.331 e. The molecule has 1 heterocycles. The van der Waals surface area contributed by atoms with E-state index in [2.05, 4.69) is 36.4 Å². The van der Waals surface area contributed by atoms with Crippen molar-refractivity contribution in [3.8, 4) is 6.07 Å². The van der Waals surface area contributed by atoms with E-state index in [0.717, 1.165) is 32.5 Å². The van der Waals surface area contributed by atoms with Gasteiger partial charge in [0.05, 0.1) is 25.1 Å². The minimum Gasteiger partial charge on any atom is -0.331 e. The molecule has 2 nitrogen and oxygen atoms in total. The number of nitriles is 1. The van der Waals surface area contributed by atoms with E-state index in [-0.39, 0.29) is 0 Å². The molecular formula is C13H17N2+. The summed E-state index contributed by atoms with van der Waals surface area (Å²) in [4.78, 5) is 1.62. The molecule has 0 radical (unpaired) electrons. The van der Waals surface area contributed by atoms with E-state index in [0.29, 0.717) is 5.92 Å². The molecule has 0 amide bonds. The van der Waals surface area contributed by atoms with Gasteiger partial charge in [0, 0.05) is 18.4 Å². The molecule has 0 saturated carbocycles. The lowest BCUT2D eigenvalue weighted by Crippen LogP contribution is -3.11. The number of likely N-dealkylation sites (tertiary alicyclic amines) is 1. The first kappa shape index (κ1) is 10.2. The van der Waals surface area contributed by atoms with Crippen molar-refractivity contribution in [1.82, 2.24) is 0 Å². The molecule has 0 aromatic heterocycles. The van der Waals surface area contributed by atoms with Gasteiger partial charge in [0.15, 0.2) is 0 Å². The zero-order chi connectivity index (χ0) is 10.5. The highest BCUT2D eigenvalue weighted by molar-refractivity contribution is 5.13. The third kappa shape index (κ3) is 2.81. The van der Waals surface area contributed by atoms with Gasteiger partial charge in [0.2, 0.25) is 0 Å². The summed E-state index contributed by atoms with van der Waals surface area (Å²) in [5.74, 6) is 0.310. The predicted octanol–water partition coefficient (Wildman–Crippen LogP) is 1.01. The number of benzene rings is 1. The molecule has 0 aliphatic carbocycles. The summed E-state index contributed by atoms with van der Waals surface area (Å²) >= 11 is 0.